The summed E-state index contributed by atoms with van der Waals surface area (Å²) in [6, 6.07) is 1.21. The number of amides is 1. The molecule has 7 nitrogen and oxygen atoms in total. The molecule has 0 bridgehead atoms. The molecule has 23 heavy (non-hydrogen) atoms. The highest BCUT2D eigenvalue weighted by Crippen LogP contribution is 2.37. The van der Waals surface area contributed by atoms with Crippen molar-refractivity contribution in [3.05, 3.63) is 21.9 Å². The summed E-state index contributed by atoms with van der Waals surface area (Å²) >= 11 is 1.34. The molecule has 0 saturated carbocycles. The minimum absolute atomic E-state index is 0.00751. The Bertz CT molecular complexity index is 581. The minimum Gasteiger partial charge on any atom is -0.465 e. The summed E-state index contributed by atoms with van der Waals surface area (Å²) in [5, 5.41) is 25.0. The molecule has 0 radical (unpaired) electrons. The smallest absolute Gasteiger partial charge is 0.405 e. The summed E-state index contributed by atoms with van der Waals surface area (Å²) in [6.07, 6.45) is -1.12. The lowest BCUT2D eigenvalue weighted by atomic mass is 10.2. The third kappa shape index (κ3) is 5.22. The van der Waals surface area contributed by atoms with Crippen molar-refractivity contribution in [1.29, 1.82) is 0 Å². The van der Waals surface area contributed by atoms with Crippen LogP contribution in [0.15, 0.2) is 16.6 Å². The van der Waals surface area contributed by atoms with Crippen molar-refractivity contribution in [2.75, 3.05) is 6.61 Å². The van der Waals surface area contributed by atoms with E-state index >= 15 is 0 Å². The highest BCUT2D eigenvalue weighted by atomic mass is 32.1. The zero-order chi connectivity index (χ0) is 17.8. The van der Waals surface area contributed by atoms with E-state index in [2.05, 4.69) is 44.3 Å². The van der Waals surface area contributed by atoms with Crippen molar-refractivity contribution >= 4 is 31.6 Å². The van der Waals surface area contributed by atoms with Crippen molar-refractivity contribution < 1.29 is 19.5 Å². The average molecular weight is 360 g/mol. The van der Waals surface area contributed by atoms with Crippen LogP contribution in [0.5, 0.6) is 0 Å². The third-order valence-corrected chi connectivity index (χ3v) is 9.63. The fraction of sp³-hybridized carbons (Fsp3) is 0.571. The molecule has 0 saturated heterocycles. The van der Waals surface area contributed by atoms with Crippen LogP contribution in [-0.4, -0.2) is 37.2 Å². The van der Waals surface area contributed by atoms with Crippen LogP contribution in [-0.2, 0) is 4.43 Å². The topological polar surface area (TPSA) is 117 Å². The minimum atomic E-state index is -1.99. The zero-order valence-corrected chi connectivity index (χ0v) is 15.9. The zero-order valence-electron chi connectivity index (χ0n) is 14.1. The Hall–Kier alpha value is -1.58. The number of amidine groups is 1. The van der Waals surface area contributed by atoms with Crippen molar-refractivity contribution in [2.24, 2.45) is 10.9 Å². The first kappa shape index (κ1) is 19.5. The predicted octanol–water partition coefficient (Wildman–Crippen LogP) is 3.17. The van der Waals surface area contributed by atoms with Gasteiger partial charge < -0.3 is 25.8 Å². The number of carbonyl (C=O) groups is 1. The second kappa shape index (κ2) is 7.32. The van der Waals surface area contributed by atoms with Gasteiger partial charge in [-0.3, -0.25) is 0 Å². The lowest BCUT2D eigenvalue weighted by Gasteiger charge is -2.37. The molecular formula is C14H25N3O4SSi. The summed E-state index contributed by atoms with van der Waals surface area (Å²) in [7, 11) is -1.99. The van der Waals surface area contributed by atoms with Crippen LogP contribution < -0.4 is 11.1 Å². The van der Waals surface area contributed by atoms with Gasteiger partial charge in [0.25, 0.3) is 0 Å². The van der Waals surface area contributed by atoms with Crippen LogP contribution in [0.3, 0.4) is 0 Å². The van der Waals surface area contributed by atoms with Crippen LogP contribution >= 0.6 is 11.3 Å². The highest BCUT2D eigenvalue weighted by molar-refractivity contribution is 7.10. The van der Waals surface area contributed by atoms with Crippen molar-refractivity contribution in [2.45, 2.75) is 44.9 Å². The Morgan fingerprint density at radius 2 is 2.13 bits per heavy atom. The van der Waals surface area contributed by atoms with E-state index in [0.717, 1.165) is 4.88 Å². The van der Waals surface area contributed by atoms with Crippen molar-refractivity contribution in [3.63, 3.8) is 0 Å². The van der Waals surface area contributed by atoms with Gasteiger partial charge in [-0.1, -0.05) is 25.9 Å². The number of nitrogens with two attached hydrogens (primary N) is 1. The molecule has 1 rings (SSSR count). The molecule has 5 N–H and O–H groups in total. The number of oxime groups is 1. The van der Waals surface area contributed by atoms with E-state index in [-0.39, 0.29) is 17.5 Å². The third-order valence-electron chi connectivity index (χ3n) is 4.08. The first-order valence-corrected chi connectivity index (χ1v) is 11.0. The molecule has 0 spiro atoms. The molecule has 0 aliphatic rings. The molecule has 1 amide bonds. The molecule has 0 aromatic carbocycles. The van der Waals surface area contributed by atoms with Gasteiger partial charge in [0.1, 0.15) is 0 Å². The Labute approximate surface area is 141 Å². The molecule has 1 heterocycles. The van der Waals surface area contributed by atoms with E-state index in [1.165, 1.54) is 11.3 Å². The number of hydrogen-bond acceptors (Lipinski definition) is 5. The summed E-state index contributed by atoms with van der Waals surface area (Å²) < 4.78 is 6.12. The SMILES string of the molecule is CC(C)(C)[Si](C)(C)OC[C@@H](NC(=O)O)c1cc(C(N)=NO)cs1. The van der Waals surface area contributed by atoms with Crippen molar-refractivity contribution in [1.82, 2.24) is 5.32 Å². The van der Waals surface area contributed by atoms with Crippen LogP contribution in [0.4, 0.5) is 4.79 Å². The van der Waals surface area contributed by atoms with Crippen LogP contribution in [0.2, 0.25) is 18.1 Å². The summed E-state index contributed by atoms with van der Waals surface area (Å²) in [5.74, 6) is -0.00751. The van der Waals surface area contributed by atoms with Gasteiger partial charge in [0.05, 0.1) is 12.6 Å². The first-order chi connectivity index (χ1) is 10.5. The summed E-state index contributed by atoms with van der Waals surface area (Å²) in [5.41, 5.74) is 6.11. The van der Waals surface area contributed by atoms with Gasteiger partial charge in [0.2, 0.25) is 0 Å². The lowest BCUT2D eigenvalue weighted by Crippen LogP contribution is -2.43. The van der Waals surface area contributed by atoms with Crippen LogP contribution in [0, 0.1) is 0 Å². The predicted molar refractivity (Wildman–Crippen MR) is 93.9 cm³/mol. The highest BCUT2D eigenvalue weighted by Gasteiger charge is 2.38. The van der Waals surface area contributed by atoms with Gasteiger partial charge in [0.15, 0.2) is 14.2 Å². The number of rotatable bonds is 6. The second-order valence-electron chi connectivity index (χ2n) is 6.80. The molecule has 1 aromatic rings. The number of nitrogens with zero attached hydrogens (tertiary/aromatic N) is 1. The van der Waals surface area contributed by atoms with E-state index in [1.807, 2.05) is 0 Å². The normalized spacial score (nSPS) is 14.6. The standard InChI is InChI=1S/C14H25N3O4SSi/c1-14(2,3)23(4,5)21-7-10(16-13(18)19)11-6-9(8-22-11)12(15)17-20/h6,8,10,16,20H,7H2,1-5H3,(H2,15,17)(H,18,19)/t10-/m1/s1. The van der Waals surface area contributed by atoms with Gasteiger partial charge in [-0.05, 0) is 24.2 Å². The lowest BCUT2D eigenvalue weighted by molar-refractivity contribution is 0.179. The van der Waals surface area contributed by atoms with Gasteiger partial charge in [0, 0.05) is 15.8 Å². The summed E-state index contributed by atoms with van der Waals surface area (Å²) in [6.45, 7) is 10.8. The fourth-order valence-corrected chi connectivity index (χ4v) is 3.53. The van der Waals surface area contributed by atoms with E-state index in [4.69, 9.17) is 20.5 Å². The maximum atomic E-state index is 11.1. The number of thiophene rings is 1. The molecule has 0 fully saturated rings. The molecule has 130 valence electrons. The van der Waals surface area contributed by atoms with E-state index in [0.29, 0.717) is 5.56 Å². The Balaban J connectivity index is 2.93. The number of carboxylic acid groups (broad SMARTS) is 1. The van der Waals surface area contributed by atoms with E-state index in [9.17, 15) is 4.79 Å². The molecule has 1 atom stereocenters. The molecule has 0 unspecified atom stereocenters. The number of hydrogen-bond donors (Lipinski definition) is 4. The molecule has 9 heteroatoms. The second-order valence-corrected chi connectivity index (χ2v) is 12.5. The van der Waals surface area contributed by atoms with Gasteiger partial charge in [-0.15, -0.1) is 11.3 Å². The molecule has 0 aliphatic heterocycles. The average Bonchev–Trinajstić information content (AvgIpc) is 2.90. The summed E-state index contributed by atoms with van der Waals surface area (Å²) in [4.78, 5) is 11.8. The Morgan fingerprint density at radius 1 is 1.52 bits per heavy atom. The van der Waals surface area contributed by atoms with Crippen LogP contribution in [0.1, 0.15) is 37.3 Å². The van der Waals surface area contributed by atoms with Gasteiger partial charge >= 0.3 is 6.09 Å². The number of nitrogens with one attached hydrogen (secondary N) is 1. The molecular weight excluding hydrogens is 334 g/mol. The van der Waals surface area contributed by atoms with Gasteiger partial charge in [-0.2, -0.15) is 0 Å². The quantitative estimate of drug-likeness (QED) is 0.205. The molecule has 0 aliphatic carbocycles. The van der Waals surface area contributed by atoms with E-state index < -0.39 is 20.5 Å². The van der Waals surface area contributed by atoms with Crippen LogP contribution in [0.25, 0.3) is 0 Å². The fourth-order valence-electron chi connectivity index (χ4n) is 1.58. The Kier molecular flexibility index (Phi) is 6.20. The van der Waals surface area contributed by atoms with E-state index in [1.54, 1.807) is 11.4 Å². The maximum Gasteiger partial charge on any atom is 0.405 e. The van der Waals surface area contributed by atoms with Crippen molar-refractivity contribution in [3.8, 4) is 0 Å². The monoisotopic (exact) mass is 359 g/mol. The molecule has 1 aromatic heterocycles. The van der Waals surface area contributed by atoms with Gasteiger partial charge in [-0.25, -0.2) is 4.79 Å². The Morgan fingerprint density at radius 3 is 2.61 bits per heavy atom. The maximum absolute atomic E-state index is 11.1. The largest absolute Gasteiger partial charge is 0.465 e. The first-order valence-electron chi connectivity index (χ1n) is 7.17.